The number of pyridine rings is 1. The summed E-state index contributed by atoms with van der Waals surface area (Å²) >= 11 is 0. The second kappa shape index (κ2) is 5.45. The van der Waals surface area contributed by atoms with Gasteiger partial charge in [-0.05, 0) is 38.5 Å². The van der Waals surface area contributed by atoms with E-state index >= 15 is 0 Å². The zero-order valence-corrected chi connectivity index (χ0v) is 12.6. The van der Waals surface area contributed by atoms with E-state index in [2.05, 4.69) is 10.1 Å². The van der Waals surface area contributed by atoms with Crippen LogP contribution in [0.25, 0.3) is 0 Å². The van der Waals surface area contributed by atoms with Crippen molar-refractivity contribution in [2.45, 2.75) is 26.8 Å². The highest BCUT2D eigenvalue weighted by atomic mass is 16.2. The van der Waals surface area contributed by atoms with E-state index in [9.17, 15) is 4.79 Å². The van der Waals surface area contributed by atoms with Crippen molar-refractivity contribution in [2.24, 2.45) is 7.05 Å². The molecule has 1 atom stereocenters. The molecule has 0 aliphatic carbocycles. The van der Waals surface area contributed by atoms with E-state index in [4.69, 9.17) is 0 Å². The van der Waals surface area contributed by atoms with E-state index in [0.29, 0.717) is 5.56 Å². The molecule has 0 aliphatic heterocycles. The highest BCUT2D eigenvalue weighted by molar-refractivity contribution is 5.96. The summed E-state index contributed by atoms with van der Waals surface area (Å²) in [5.41, 5.74) is 3.41. The third-order valence-electron chi connectivity index (χ3n) is 3.81. The molecular weight excluding hydrogens is 252 g/mol. The molecule has 5 heteroatoms. The van der Waals surface area contributed by atoms with Crippen LogP contribution >= 0.6 is 0 Å². The van der Waals surface area contributed by atoms with Gasteiger partial charge < -0.3 is 4.90 Å². The lowest BCUT2D eigenvalue weighted by Crippen LogP contribution is -2.30. The van der Waals surface area contributed by atoms with Crippen LogP contribution in [0.2, 0.25) is 0 Å². The van der Waals surface area contributed by atoms with Gasteiger partial charge in [0.15, 0.2) is 0 Å². The molecule has 106 valence electrons. The van der Waals surface area contributed by atoms with Crippen molar-refractivity contribution in [3.8, 4) is 0 Å². The Bertz CT molecular complexity index is 618. The first-order chi connectivity index (χ1) is 9.43. The number of nitrogens with zero attached hydrogens (tertiary/aromatic N) is 4. The molecular formula is C15H20N4O. The number of aromatic nitrogens is 3. The summed E-state index contributed by atoms with van der Waals surface area (Å²) in [6.07, 6.45) is 3.48. The lowest BCUT2D eigenvalue weighted by Gasteiger charge is -2.25. The van der Waals surface area contributed by atoms with Gasteiger partial charge in [0.2, 0.25) is 0 Å². The maximum absolute atomic E-state index is 12.7. The van der Waals surface area contributed by atoms with Crippen LogP contribution < -0.4 is 0 Å². The van der Waals surface area contributed by atoms with Crippen molar-refractivity contribution in [1.82, 2.24) is 19.7 Å². The van der Waals surface area contributed by atoms with E-state index in [-0.39, 0.29) is 11.9 Å². The molecule has 20 heavy (non-hydrogen) atoms. The van der Waals surface area contributed by atoms with Crippen molar-refractivity contribution in [3.05, 3.63) is 47.0 Å². The summed E-state index contributed by atoms with van der Waals surface area (Å²) in [7, 11) is 3.67. The Balaban J connectivity index is 2.29. The van der Waals surface area contributed by atoms with Crippen molar-refractivity contribution in [2.75, 3.05) is 7.05 Å². The molecule has 5 nitrogen and oxygen atoms in total. The van der Waals surface area contributed by atoms with E-state index < -0.39 is 0 Å². The Hall–Kier alpha value is -2.17. The van der Waals surface area contributed by atoms with Crippen molar-refractivity contribution < 1.29 is 4.79 Å². The number of rotatable bonds is 3. The van der Waals surface area contributed by atoms with Crippen LogP contribution in [0, 0.1) is 13.8 Å². The average Bonchev–Trinajstić information content (AvgIpc) is 2.71. The van der Waals surface area contributed by atoms with Gasteiger partial charge in [0.25, 0.3) is 5.91 Å². The number of carbonyl (C=O) groups is 1. The van der Waals surface area contributed by atoms with Crippen molar-refractivity contribution in [3.63, 3.8) is 0 Å². The number of amides is 1. The quantitative estimate of drug-likeness (QED) is 0.861. The fourth-order valence-corrected chi connectivity index (χ4v) is 2.30. The molecule has 0 spiro atoms. The van der Waals surface area contributed by atoms with Crippen LogP contribution in [0.1, 0.15) is 40.3 Å². The Morgan fingerprint density at radius 2 is 1.90 bits per heavy atom. The van der Waals surface area contributed by atoms with Gasteiger partial charge in [-0.3, -0.25) is 14.5 Å². The highest BCUT2D eigenvalue weighted by Gasteiger charge is 2.24. The minimum Gasteiger partial charge on any atom is -0.335 e. The smallest absolute Gasteiger partial charge is 0.257 e. The molecule has 2 aromatic heterocycles. The van der Waals surface area contributed by atoms with Crippen molar-refractivity contribution in [1.29, 1.82) is 0 Å². The van der Waals surface area contributed by atoms with Gasteiger partial charge in [0.1, 0.15) is 0 Å². The topological polar surface area (TPSA) is 51.0 Å². The monoisotopic (exact) mass is 272 g/mol. The summed E-state index contributed by atoms with van der Waals surface area (Å²) in [6, 6.07) is 3.85. The second-order valence-corrected chi connectivity index (χ2v) is 5.04. The average molecular weight is 272 g/mol. The first kappa shape index (κ1) is 14.2. The number of carbonyl (C=O) groups excluding carboxylic acids is 1. The van der Waals surface area contributed by atoms with Crippen LogP contribution in [0.3, 0.4) is 0 Å². The SMILES string of the molecule is Cc1nn(C)c(C)c1C(=O)N(C)[C@@H](C)c1ccncc1. The summed E-state index contributed by atoms with van der Waals surface area (Å²) in [4.78, 5) is 18.4. The van der Waals surface area contributed by atoms with Crippen molar-refractivity contribution >= 4 is 5.91 Å². The van der Waals surface area contributed by atoms with Gasteiger partial charge in [-0.15, -0.1) is 0 Å². The highest BCUT2D eigenvalue weighted by Crippen LogP contribution is 2.22. The van der Waals surface area contributed by atoms with Crippen LogP contribution in [0.4, 0.5) is 0 Å². The standard InChI is InChI=1S/C15H20N4O/c1-10-14(12(3)19(5)17-10)15(20)18(4)11(2)13-6-8-16-9-7-13/h6-9,11H,1-5H3/t11-/m0/s1. The van der Waals surface area contributed by atoms with E-state index in [1.165, 1.54) is 0 Å². The van der Waals surface area contributed by atoms with Gasteiger partial charge in [-0.2, -0.15) is 5.10 Å². The number of hydrogen-bond acceptors (Lipinski definition) is 3. The van der Waals surface area contributed by atoms with Gasteiger partial charge in [-0.1, -0.05) is 0 Å². The van der Waals surface area contributed by atoms with E-state index in [1.54, 1.807) is 22.0 Å². The first-order valence-electron chi connectivity index (χ1n) is 6.60. The molecule has 0 saturated heterocycles. The lowest BCUT2D eigenvalue weighted by atomic mass is 10.1. The molecule has 1 amide bonds. The number of aryl methyl sites for hydroxylation is 2. The van der Waals surface area contributed by atoms with Crippen LogP contribution in [-0.2, 0) is 7.05 Å². The Labute approximate surface area is 119 Å². The van der Waals surface area contributed by atoms with Crippen LogP contribution in [0.5, 0.6) is 0 Å². The predicted molar refractivity (Wildman–Crippen MR) is 77.4 cm³/mol. The van der Waals surface area contributed by atoms with Gasteiger partial charge in [0.05, 0.1) is 17.3 Å². The van der Waals surface area contributed by atoms with E-state index in [0.717, 1.165) is 17.0 Å². The lowest BCUT2D eigenvalue weighted by molar-refractivity contribution is 0.0741. The summed E-state index contributed by atoms with van der Waals surface area (Å²) in [5.74, 6) is -0.00240. The second-order valence-electron chi connectivity index (χ2n) is 5.04. The number of hydrogen-bond donors (Lipinski definition) is 0. The normalized spacial score (nSPS) is 12.2. The maximum Gasteiger partial charge on any atom is 0.257 e. The maximum atomic E-state index is 12.7. The summed E-state index contributed by atoms with van der Waals surface area (Å²) < 4.78 is 1.74. The van der Waals surface area contributed by atoms with Crippen LogP contribution in [0.15, 0.2) is 24.5 Å². The minimum absolute atomic E-state index is 0.00240. The molecule has 2 rings (SSSR count). The molecule has 2 heterocycles. The largest absolute Gasteiger partial charge is 0.335 e. The molecule has 0 unspecified atom stereocenters. The molecule has 0 aromatic carbocycles. The minimum atomic E-state index is -0.00972. The molecule has 0 radical (unpaired) electrons. The third kappa shape index (κ3) is 2.43. The molecule has 0 fully saturated rings. The zero-order valence-electron chi connectivity index (χ0n) is 12.6. The van der Waals surface area contributed by atoms with E-state index in [1.807, 2.05) is 47.0 Å². The molecule has 0 saturated carbocycles. The van der Waals surface area contributed by atoms with Gasteiger partial charge in [0, 0.05) is 32.2 Å². The Morgan fingerprint density at radius 1 is 1.30 bits per heavy atom. The summed E-state index contributed by atoms with van der Waals surface area (Å²) in [6.45, 7) is 5.79. The first-order valence-corrected chi connectivity index (χ1v) is 6.60. The fourth-order valence-electron chi connectivity index (χ4n) is 2.30. The molecule has 0 aliphatic rings. The third-order valence-corrected chi connectivity index (χ3v) is 3.81. The molecule has 2 aromatic rings. The fraction of sp³-hybridized carbons (Fsp3) is 0.400. The summed E-state index contributed by atoms with van der Waals surface area (Å²) in [5, 5.41) is 4.31. The van der Waals surface area contributed by atoms with Gasteiger partial charge >= 0.3 is 0 Å². The Kier molecular flexibility index (Phi) is 3.88. The Morgan fingerprint density at radius 3 is 2.40 bits per heavy atom. The molecule has 0 N–H and O–H groups in total. The zero-order chi connectivity index (χ0) is 14.9. The van der Waals surface area contributed by atoms with Crippen LogP contribution in [-0.4, -0.2) is 32.6 Å². The molecule has 0 bridgehead atoms. The predicted octanol–water partition coefficient (Wildman–Crippen LogP) is 2.27. The van der Waals surface area contributed by atoms with Gasteiger partial charge in [-0.25, -0.2) is 0 Å².